The zero-order valence-electron chi connectivity index (χ0n) is 25.9. The molecule has 13 heteroatoms. The lowest BCUT2D eigenvalue weighted by molar-refractivity contribution is -0.145. The number of hydrogen-bond donors (Lipinski definition) is 3. The average molecular weight is 612 g/mol. The summed E-state index contributed by atoms with van der Waals surface area (Å²) in [5.41, 5.74) is -0.304. The molecule has 1 saturated heterocycles. The molecule has 2 fully saturated rings. The number of fused-ring (bicyclic) bond motifs is 1. The minimum atomic E-state index is -1.04. The third kappa shape index (κ3) is 6.66. The maximum absolute atomic E-state index is 14.1. The molecule has 0 radical (unpaired) electrons. The molecule has 3 aliphatic heterocycles. The zero-order chi connectivity index (χ0) is 31.8. The van der Waals surface area contributed by atoms with Gasteiger partial charge in [0.25, 0.3) is 5.91 Å². The number of hydrogen-bond acceptors (Lipinski definition) is 9. The highest BCUT2D eigenvalue weighted by Gasteiger charge is 2.55. The van der Waals surface area contributed by atoms with Crippen LogP contribution < -0.4 is 25.4 Å². The minimum absolute atomic E-state index is 0.00573. The molecule has 3 heterocycles. The second-order valence-corrected chi connectivity index (χ2v) is 13.2. The summed E-state index contributed by atoms with van der Waals surface area (Å²) in [6, 6.07) is 2.43. The van der Waals surface area contributed by atoms with E-state index in [1.54, 1.807) is 6.07 Å². The summed E-state index contributed by atoms with van der Waals surface area (Å²) in [6.07, 6.45) is 2.87. The molecule has 1 saturated carbocycles. The molecule has 4 atom stereocenters. The Hall–Kier alpha value is -4.16. The molecule has 0 unspecified atom stereocenters. The summed E-state index contributed by atoms with van der Waals surface area (Å²) < 4.78 is 10.9. The second-order valence-electron chi connectivity index (χ2n) is 13.2. The highest BCUT2D eigenvalue weighted by molar-refractivity contribution is 6.38. The van der Waals surface area contributed by atoms with Crippen molar-refractivity contribution in [2.45, 2.75) is 103 Å². The molecule has 238 valence electrons. The number of nitrogens with zero attached hydrogens (tertiary/aromatic N) is 2. The Morgan fingerprint density at radius 1 is 1.09 bits per heavy atom. The summed E-state index contributed by atoms with van der Waals surface area (Å²) in [7, 11) is 0. The van der Waals surface area contributed by atoms with Crippen molar-refractivity contribution in [3.63, 3.8) is 0 Å². The number of nitrogens with one attached hydrogen (secondary N) is 3. The van der Waals surface area contributed by atoms with Crippen molar-refractivity contribution >= 4 is 35.1 Å². The minimum Gasteiger partial charge on any atom is -0.454 e. The number of likely N-dealkylation sites (tertiary alicyclic amines) is 1. The number of benzene rings is 1. The molecule has 5 rings (SSSR count). The van der Waals surface area contributed by atoms with Gasteiger partial charge < -0.3 is 35.2 Å². The van der Waals surface area contributed by atoms with E-state index in [0.717, 1.165) is 18.4 Å². The number of ether oxygens (including phenoxy) is 2. The number of ketones is 1. The lowest BCUT2D eigenvalue weighted by Gasteiger charge is -2.35. The molecular formula is C31H41N5O8. The van der Waals surface area contributed by atoms with Crippen LogP contribution in [0.25, 0.3) is 0 Å². The number of carbonyl (C=O) groups is 5. The molecule has 13 nitrogen and oxygen atoms in total. The molecule has 1 aliphatic carbocycles. The third-order valence-electron chi connectivity index (χ3n) is 8.34. The van der Waals surface area contributed by atoms with E-state index in [9.17, 15) is 24.0 Å². The zero-order valence-corrected chi connectivity index (χ0v) is 25.9. The molecule has 4 aliphatic rings. The normalized spacial score (nSPS) is 23.4. The molecular weight excluding hydrogens is 570 g/mol. The van der Waals surface area contributed by atoms with Crippen LogP contribution in [0.1, 0.15) is 78.7 Å². The van der Waals surface area contributed by atoms with Gasteiger partial charge in [-0.3, -0.25) is 24.0 Å². The summed E-state index contributed by atoms with van der Waals surface area (Å²) in [4.78, 5) is 73.2. The van der Waals surface area contributed by atoms with Gasteiger partial charge in [0.1, 0.15) is 12.1 Å². The number of oxime groups is 1. The molecule has 3 N–H and O–H groups in total. The fraction of sp³-hybridized carbons (Fsp3) is 0.613. The number of amides is 4. The average Bonchev–Trinajstić information content (AvgIpc) is 3.34. The maximum Gasteiger partial charge on any atom is 0.289 e. The Kier molecular flexibility index (Phi) is 8.59. The fourth-order valence-electron chi connectivity index (χ4n) is 5.85. The van der Waals surface area contributed by atoms with Gasteiger partial charge in [-0.05, 0) is 42.9 Å². The molecule has 1 aromatic carbocycles. The van der Waals surface area contributed by atoms with Crippen LogP contribution in [0.2, 0.25) is 0 Å². The van der Waals surface area contributed by atoms with Crippen molar-refractivity contribution in [1.29, 1.82) is 0 Å². The quantitative estimate of drug-likeness (QED) is 0.336. The van der Waals surface area contributed by atoms with Crippen molar-refractivity contribution in [2.24, 2.45) is 10.6 Å². The Morgan fingerprint density at radius 3 is 2.48 bits per heavy atom. The highest BCUT2D eigenvalue weighted by atomic mass is 16.7. The summed E-state index contributed by atoms with van der Waals surface area (Å²) in [5, 5.41) is 12.5. The first kappa shape index (κ1) is 31.3. The van der Waals surface area contributed by atoms with Crippen LogP contribution in [0.15, 0.2) is 23.4 Å². The van der Waals surface area contributed by atoms with Crippen LogP contribution in [0.5, 0.6) is 11.5 Å². The maximum atomic E-state index is 14.1. The van der Waals surface area contributed by atoms with E-state index in [2.05, 4.69) is 21.1 Å². The van der Waals surface area contributed by atoms with Gasteiger partial charge in [-0.1, -0.05) is 39.3 Å². The van der Waals surface area contributed by atoms with E-state index in [-0.39, 0.29) is 38.1 Å². The lowest BCUT2D eigenvalue weighted by atomic mass is 9.85. The van der Waals surface area contributed by atoms with Gasteiger partial charge in [-0.2, -0.15) is 0 Å². The molecule has 4 amide bonds. The monoisotopic (exact) mass is 611 g/mol. The molecule has 44 heavy (non-hydrogen) atoms. The topological polar surface area (TPSA) is 165 Å². The van der Waals surface area contributed by atoms with Gasteiger partial charge in [-0.25, -0.2) is 0 Å². The van der Waals surface area contributed by atoms with Crippen molar-refractivity contribution in [3.8, 4) is 11.5 Å². The van der Waals surface area contributed by atoms with Crippen molar-refractivity contribution in [2.75, 3.05) is 13.3 Å². The first-order chi connectivity index (χ1) is 20.8. The SMILES string of the molecule is CCC[C@H](NC(=O)[C@@H]1C[C@]2(CC(c3ccc4c(c3)OCO4)=NO2)CN1C(=O)[C@@H](NC(C)=O)C(C)(C)C)C(=O)C(=O)NC1CC1. The van der Waals surface area contributed by atoms with Gasteiger partial charge in [0.15, 0.2) is 17.1 Å². The van der Waals surface area contributed by atoms with E-state index >= 15 is 0 Å². The Morgan fingerprint density at radius 2 is 1.82 bits per heavy atom. The van der Waals surface area contributed by atoms with E-state index in [1.807, 2.05) is 39.8 Å². The third-order valence-corrected chi connectivity index (χ3v) is 8.34. The predicted octanol–water partition coefficient (Wildman–Crippen LogP) is 1.56. The van der Waals surface area contributed by atoms with Gasteiger partial charge in [-0.15, -0.1) is 0 Å². The first-order valence-electron chi connectivity index (χ1n) is 15.2. The van der Waals surface area contributed by atoms with Crippen LogP contribution in [0.4, 0.5) is 0 Å². The molecule has 0 aromatic heterocycles. The Bertz CT molecular complexity index is 1380. The number of rotatable bonds is 10. The summed E-state index contributed by atoms with van der Waals surface area (Å²) in [5.74, 6) is -1.62. The van der Waals surface area contributed by atoms with Gasteiger partial charge >= 0.3 is 0 Å². The second kappa shape index (κ2) is 12.1. The first-order valence-corrected chi connectivity index (χ1v) is 15.2. The largest absolute Gasteiger partial charge is 0.454 e. The van der Waals surface area contributed by atoms with Gasteiger partial charge in [0.2, 0.25) is 30.3 Å². The number of carbonyl (C=O) groups excluding carboxylic acids is 5. The van der Waals surface area contributed by atoms with Crippen LogP contribution in [0, 0.1) is 5.41 Å². The van der Waals surface area contributed by atoms with E-state index < -0.39 is 52.6 Å². The Balaban J connectivity index is 1.39. The summed E-state index contributed by atoms with van der Waals surface area (Å²) in [6.45, 7) is 8.83. The Labute approximate surface area is 256 Å². The molecule has 1 aromatic rings. The van der Waals surface area contributed by atoms with E-state index in [0.29, 0.717) is 30.1 Å². The van der Waals surface area contributed by atoms with Crippen molar-refractivity contribution in [3.05, 3.63) is 23.8 Å². The van der Waals surface area contributed by atoms with Crippen LogP contribution in [-0.4, -0.2) is 83.1 Å². The summed E-state index contributed by atoms with van der Waals surface area (Å²) >= 11 is 0. The molecule has 0 bridgehead atoms. The number of Topliss-reactive ketones (excluding diaryl/α,β-unsaturated/α-hetero) is 1. The smallest absolute Gasteiger partial charge is 0.289 e. The van der Waals surface area contributed by atoms with E-state index in [4.69, 9.17) is 14.3 Å². The van der Waals surface area contributed by atoms with Crippen LogP contribution in [0.3, 0.4) is 0 Å². The van der Waals surface area contributed by atoms with Crippen LogP contribution in [-0.2, 0) is 28.8 Å². The van der Waals surface area contributed by atoms with Crippen LogP contribution >= 0.6 is 0 Å². The lowest BCUT2D eigenvalue weighted by Crippen LogP contribution is -2.59. The van der Waals surface area contributed by atoms with E-state index in [1.165, 1.54) is 11.8 Å². The predicted molar refractivity (Wildman–Crippen MR) is 158 cm³/mol. The van der Waals surface area contributed by atoms with Crippen molar-refractivity contribution in [1.82, 2.24) is 20.9 Å². The van der Waals surface area contributed by atoms with Gasteiger partial charge in [0, 0.05) is 31.4 Å². The molecule has 1 spiro atoms. The highest BCUT2D eigenvalue weighted by Crippen LogP contribution is 2.41. The fourth-order valence-corrected chi connectivity index (χ4v) is 5.85. The van der Waals surface area contributed by atoms with Gasteiger partial charge in [0.05, 0.1) is 18.3 Å². The van der Waals surface area contributed by atoms with Crippen molar-refractivity contribution < 1.29 is 38.3 Å². The standard InChI is InChI=1S/C31H41N5O8/c1-6-7-20(25(38)28(40)33-19-9-10-19)34-27(39)22-14-31(15-36(22)29(41)26(30(3,4)5)32-17(2)37)13-21(35-44-31)18-8-11-23-24(12-18)43-16-42-23/h8,11-12,19-20,22,26H,6-7,9-10,13-16H2,1-5H3,(H,32,37)(H,33,40)(H,34,39)/t20-,22-,26+,31+/m0/s1.